The lowest BCUT2D eigenvalue weighted by Gasteiger charge is -2.29. The molecule has 0 radical (unpaired) electrons. The summed E-state index contributed by atoms with van der Waals surface area (Å²) in [5.41, 5.74) is 5.95. The van der Waals surface area contributed by atoms with Crippen LogP contribution < -0.4 is 15.4 Å². The van der Waals surface area contributed by atoms with Crippen LogP contribution in [-0.4, -0.2) is 38.6 Å². The fourth-order valence-corrected chi connectivity index (χ4v) is 5.34. The molecule has 0 aliphatic carbocycles. The average Bonchev–Trinajstić information content (AvgIpc) is 3.55. The molecule has 0 unspecified atom stereocenters. The predicted molar refractivity (Wildman–Crippen MR) is 158 cm³/mol. The summed E-state index contributed by atoms with van der Waals surface area (Å²) in [4.78, 5) is 19.8. The number of benzene rings is 2. The number of nitrogens with one attached hydrogen (secondary N) is 2. The molecule has 1 fully saturated rings. The van der Waals surface area contributed by atoms with E-state index >= 15 is 0 Å². The minimum Gasteiger partial charge on any atom is -0.494 e. The van der Waals surface area contributed by atoms with Gasteiger partial charge >= 0.3 is 0 Å². The van der Waals surface area contributed by atoms with Gasteiger partial charge < -0.3 is 24.8 Å². The normalized spacial score (nSPS) is 16.7. The van der Waals surface area contributed by atoms with Crippen LogP contribution in [-0.2, 0) is 4.79 Å². The smallest absolute Gasteiger partial charge is 0.226 e. The second-order valence-electron chi connectivity index (χ2n) is 9.67. The molecule has 1 aliphatic heterocycles. The zero-order valence-electron chi connectivity index (χ0n) is 22.4. The highest BCUT2D eigenvalue weighted by Crippen LogP contribution is 2.39. The molecule has 200 valence electrons. The number of pyridine rings is 1. The molecule has 5 rings (SSSR count). The van der Waals surface area contributed by atoms with Gasteiger partial charge in [-0.25, -0.2) is 0 Å². The lowest BCUT2D eigenvalue weighted by Crippen LogP contribution is -2.33. The van der Waals surface area contributed by atoms with Crippen molar-refractivity contribution < 1.29 is 9.53 Å². The molecule has 0 bridgehead atoms. The maximum atomic E-state index is 13.0. The van der Waals surface area contributed by atoms with Crippen LogP contribution in [0.2, 0.25) is 0 Å². The molecule has 2 aromatic heterocycles. The number of thiocarbonyl (C=S) groups is 1. The van der Waals surface area contributed by atoms with Gasteiger partial charge in [0, 0.05) is 42.4 Å². The van der Waals surface area contributed by atoms with E-state index in [0.717, 1.165) is 39.6 Å². The van der Waals surface area contributed by atoms with Gasteiger partial charge in [0.25, 0.3) is 0 Å². The Morgan fingerprint density at radius 1 is 1.08 bits per heavy atom. The third-order valence-electron chi connectivity index (χ3n) is 6.95. The van der Waals surface area contributed by atoms with Crippen molar-refractivity contribution in [2.75, 3.05) is 18.5 Å². The summed E-state index contributed by atoms with van der Waals surface area (Å²) < 4.78 is 7.80. The Morgan fingerprint density at radius 3 is 2.64 bits per heavy atom. The molecule has 0 saturated carbocycles. The number of carbonyl (C=O) groups excluding carboxylic acids is 1. The molecule has 7 nitrogen and oxygen atoms in total. The van der Waals surface area contributed by atoms with Crippen molar-refractivity contribution in [2.24, 2.45) is 0 Å². The Labute approximate surface area is 234 Å². The largest absolute Gasteiger partial charge is 0.494 e. The third-order valence-corrected chi connectivity index (χ3v) is 7.31. The molecule has 4 aromatic rings. The predicted octanol–water partition coefficient (Wildman–Crippen LogP) is 5.89. The number of amides is 1. The zero-order chi connectivity index (χ0) is 27.4. The number of rotatable bonds is 9. The van der Waals surface area contributed by atoms with Gasteiger partial charge in [-0.2, -0.15) is 0 Å². The molecule has 1 aliphatic rings. The van der Waals surface area contributed by atoms with Crippen molar-refractivity contribution in [3.05, 3.63) is 108 Å². The average molecular weight is 540 g/mol. The number of hydrogen-bond acceptors (Lipinski definition) is 4. The van der Waals surface area contributed by atoms with Crippen molar-refractivity contribution in [1.82, 2.24) is 19.8 Å². The second-order valence-corrected chi connectivity index (χ2v) is 10.1. The van der Waals surface area contributed by atoms with Gasteiger partial charge in [-0.1, -0.05) is 18.2 Å². The second kappa shape index (κ2) is 11.7. The van der Waals surface area contributed by atoms with E-state index < -0.39 is 0 Å². The molecular formula is C31H33N5O2S. The Balaban J connectivity index is 1.43. The van der Waals surface area contributed by atoms with Crippen molar-refractivity contribution in [3.63, 3.8) is 0 Å². The summed E-state index contributed by atoms with van der Waals surface area (Å²) in [5, 5.41) is 7.17. The van der Waals surface area contributed by atoms with Crippen molar-refractivity contribution >= 4 is 28.9 Å². The molecule has 3 heterocycles. The summed E-state index contributed by atoms with van der Waals surface area (Å²) >= 11 is 5.82. The van der Waals surface area contributed by atoms with Crippen LogP contribution in [0.1, 0.15) is 47.9 Å². The minimum atomic E-state index is -0.169. The Bertz CT molecular complexity index is 1450. The van der Waals surface area contributed by atoms with E-state index in [1.807, 2.05) is 93.7 Å². The Morgan fingerprint density at radius 2 is 1.90 bits per heavy atom. The number of aryl methyl sites for hydroxylation is 2. The molecule has 1 saturated heterocycles. The number of carbonyl (C=O) groups is 1. The molecule has 1 amide bonds. The van der Waals surface area contributed by atoms with E-state index in [2.05, 4.69) is 31.2 Å². The number of aromatic nitrogens is 2. The van der Waals surface area contributed by atoms with Crippen LogP contribution in [0, 0.1) is 13.8 Å². The molecule has 2 N–H and O–H groups in total. The zero-order valence-corrected chi connectivity index (χ0v) is 23.2. The third kappa shape index (κ3) is 5.81. The number of ether oxygens (including phenoxy) is 1. The summed E-state index contributed by atoms with van der Waals surface area (Å²) in [6.45, 7) is 7.08. The van der Waals surface area contributed by atoms with E-state index in [9.17, 15) is 4.79 Å². The maximum Gasteiger partial charge on any atom is 0.226 e. The Hall–Kier alpha value is -4.17. The van der Waals surface area contributed by atoms with E-state index in [1.165, 1.54) is 0 Å². The van der Waals surface area contributed by atoms with Gasteiger partial charge in [-0.15, -0.1) is 0 Å². The van der Waals surface area contributed by atoms with Gasteiger partial charge in [0.2, 0.25) is 5.91 Å². The van der Waals surface area contributed by atoms with E-state index in [-0.39, 0.29) is 18.0 Å². The lowest BCUT2D eigenvalue weighted by atomic mass is 10.0. The van der Waals surface area contributed by atoms with Crippen LogP contribution in [0.25, 0.3) is 5.69 Å². The maximum absolute atomic E-state index is 13.0. The molecule has 0 spiro atoms. The van der Waals surface area contributed by atoms with Gasteiger partial charge in [0.1, 0.15) is 5.75 Å². The van der Waals surface area contributed by atoms with Gasteiger partial charge in [0.15, 0.2) is 5.11 Å². The topological polar surface area (TPSA) is 71.4 Å². The van der Waals surface area contributed by atoms with E-state index in [0.29, 0.717) is 24.7 Å². The van der Waals surface area contributed by atoms with E-state index in [4.69, 9.17) is 17.0 Å². The minimum absolute atomic E-state index is 0.0477. The summed E-state index contributed by atoms with van der Waals surface area (Å²) in [6.07, 6.45) is 4.14. The summed E-state index contributed by atoms with van der Waals surface area (Å²) in [7, 11) is 0. The monoisotopic (exact) mass is 539 g/mol. The standard InChI is InChI=1S/C31H33N5O2S/c1-4-38-24-14-12-23(13-15-24)35-18-7-9-27(35)30-29(25-8-5-6-17-32-25)34-31(39)36(30)19-16-28(37)33-26-20-21(2)10-11-22(26)3/h5-15,17-18,20,29-30H,4,16,19H2,1-3H3,(H,33,37)(H,34,39)/t29-,30-/m1/s1. The first-order valence-electron chi connectivity index (χ1n) is 13.2. The highest BCUT2D eigenvalue weighted by Gasteiger charge is 2.41. The number of hydrogen-bond donors (Lipinski definition) is 2. The fraction of sp³-hybridized carbons (Fsp3) is 0.258. The van der Waals surface area contributed by atoms with Gasteiger partial charge in [-0.3, -0.25) is 9.78 Å². The summed E-state index contributed by atoms with van der Waals surface area (Å²) in [6, 6.07) is 23.8. The number of anilines is 1. The number of nitrogens with zero attached hydrogens (tertiary/aromatic N) is 3. The first-order chi connectivity index (χ1) is 18.9. The van der Waals surface area contributed by atoms with E-state index in [1.54, 1.807) is 6.20 Å². The van der Waals surface area contributed by atoms with Crippen LogP contribution in [0.4, 0.5) is 5.69 Å². The SMILES string of the molecule is CCOc1ccc(-n2cccc2[C@@H]2[C@@H](c3ccccn3)NC(=S)N2CCC(=O)Nc2cc(C)ccc2C)cc1. The molecule has 2 atom stereocenters. The van der Waals surface area contributed by atoms with Crippen LogP contribution in [0.5, 0.6) is 5.75 Å². The van der Waals surface area contributed by atoms with Crippen LogP contribution in [0.15, 0.2) is 85.2 Å². The molecule has 8 heteroatoms. The van der Waals surface area contributed by atoms with Crippen LogP contribution in [0.3, 0.4) is 0 Å². The first-order valence-corrected chi connectivity index (χ1v) is 13.6. The van der Waals surface area contributed by atoms with Crippen molar-refractivity contribution in [1.29, 1.82) is 0 Å². The van der Waals surface area contributed by atoms with Crippen LogP contribution >= 0.6 is 12.2 Å². The first kappa shape index (κ1) is 26.4. The van der Waals surface area contributed by atoms with Crippen molar-refractivity contribution in [2.45, 2.75) is 39.3 Å². The summed E-state index contributed by atoms with van der Waals surface area (Å²) in [5.74, 6) is 0.787. The van der Waals surface area contributed by atoms with Gasteiger partial charge in [-0.05, 0) is 98.7 Å². The van der Waals surface area contributed by atoms with Crippen molar-refractivity contribution in [3.8, 4) is 11.4 Å². The quantitative estimate of drug-likeness (QED) is 0.259. The molecule has 39 heavy (non-hydrogen) atoms. The Kier molecular flexibility index (Phi) is 7.93. The lowest BCUT2D eigenvalue weighted by molar-refractivity contribution is -0.116. The molecular weight excluding hydrogens is 506 g/mol. The highest BCUT2D eigenvalue weighted by molar-refractivity contribution is 7.80. The fourth-order valence-electron chi connectivity index (χ4n) is 5.01. The molecule has 2 aromatic carbocycles. The van der Waals surface area contributed by atoms with Gasteiger partial charge in [0.05, 0.1) is 24.4 Å². The highest BCUT2D eigenvalue weighted by atomic mass is 32.1.